The van der Waals surface area contributed by atoms with Crippen LogP contribution >= 0.6 is 11.8 Å². The molecule has 0 aliphatic heterocycles. The molecule has 1 aromatic carbocycles. The topological polar surface area (TPSA) is 95.9 Å². The lowest BCUT2D eigenvalue weighted by atomic mass is 10.1. The summed E-state index contributed by atoms with van der Waals surface area (Å²) >= 11 is 1.37. The molecule has 1 unspecified atom stereocenters. The predicted octanol–water partition coefficient (Wildman–Crippen LogP) is 0.363. The highest BCUT2D eigenvalue weighted by Crippen LogP contribution is 2.07. The monoisotopic (exact) mass is 341 g/mol. The first-order valence-electron chi connectivity index (χ1n) is 7.34. The molecule has 0 radical (unpaired) electrons. The van der Waals surface area contributed by atoms with E-state index in [0.717, 1.165) is 5.56 Å². The summed E-state index contributed by atoms with van der Waals surface area (Å²) in [6.45, 7) is -0.291. The molecule has 1 rings (SSSR count). The number of benzene rings is 1. The Hall–Kier alpha value is -1.57. The van der Waals surface area contributed by atoms with E-state index >= 15 is 0 Å². The van der Waals surface area contributed by atoms with Crippen molar-refractivity contribution in [2.75, 3.05) is 25.2 Å². The molecule has 2 atom stereocenters. The Morgan fingerprint density at radius 3 is 2.61 bits per heavy atom. The highest BCUT2D eigenvalue weighted by atomic mass is 32.2. The number of aliphatic hydroxyl groups excluding tert-OH is 2. The second-order valence-corrected chi connectivity index (χ2v) is 6.14. The molecular weight excluding hydrogens is 318 g/mol. The van der Waals surface area contributed by atoms with Crippen molar-refractivity contribution in [2.24, 2.45) is 0 Å². The number of esters is 1. The molecule has 0 aliphatic rings. The zero-order chi connectivity index (χ0) is 17.1. The van der Waals surface area contributed by atoms with Gasteiger partial charge in [0.15, 0.2) is 0 Å². The molecule has 3 N–H and O–H groups in total. The van der Waals surface area contributed by atoms with Crippen molar-refractivity contribution in [1.29, 1.82) is 0 Å². The van der Waals surface area contributed by atoms with E-state index < -0.39 is 18.1 Å². The first-order valence-corrected chi connectivity index (χ1v) is 8.50. The van der Waals surface area contributed by atoms with E-state index in [1.165, 1.54) is 18.9 Å². The molecule has 0 spiro atoms. The average molecular weight is 341 g/mol. The van der Waals surface area contributed by atoms with Crippen molar-refractivity contribution in [3.05, 3.63) is 35.9 Å². The van der Waals surface area contributed by atoms with Gasteiger partial charge in [-0.05, 0) is 5.56 Å². The minimum atomic E-state index is -0.774. The van der Waals surface area contributed by atoms with Gasteiger partial charge in [0, 0.05) is 24.3 Å². The summed E-state index contributed by atoms with van der Waals surface area (Å²) in [7, 11) is 1.29. The third-order valence-corrected chi connectivity index (χ3v) is 4.21. The van der Waals surface area contributed by atoms with Gasteiger partial charge in [0.25, 0.3) is 0 Å². The molecule has 7 heteroatoms. The van der Waals surface area contributed by atoms with Crippen molar-refractivity contribution in [3.8, 4) is 0 Å². The quantitative estimate of drug-likeness (QED) is 0.420. The van der Waals surface area contributed by atoms with Crippen LogP contribution in [0.4, 0.5) is 0 Å². The van der Waals surface area contributed by atoms with Crippen LogP contribution in [0.1, 0.15) is 12.0 Å². The van der Waals surface area contributed by atoms with E-state index in [0.29, 0.717) is 17.9 Å². The first-order chi connectivity index (χ1) is 11.1. The second kappa shape index (κ2) is 11.0. The number of rotatable bonds is 10. The van der Waals surface area contributed by atoms with Crippen LogP contribution in [-0.2, 0) is 20.7 Å². The summed E-state index contributed by atoms with van der Waals surface area (Å²) in [6, 6.07) is 8.67. The number of hydrogen-bond acceptors (Lipinski definition) is 6. The molecule has 0 saturated carbocycles. The van der Waals surface area contributed by atoms with Gasteiger partial charge >= 0.3 is 5.97 Å². The van der Waals surface area contributed by atoms with Gasteiger partial charge in [-0.2, -0.15) is 11.8 Å². The fourth-order valence-electron chi connectivity index (χ4n) is 1.89. The van der Waals surface area contributed by atoms with Gasteiger partial charge in [0.1, 0.15) is 6.04 Å². The smallest absolute Gasteiger partial charge is 0.328 e. The lowest BCUT2D eigenvalue weighted by Crippen LogP contribution is -2.43. The van der Waals surface area contributed by atoms with Gasteiger partial charge in [-0.25, -0.2) is 4.79 Å². The van der Waals surface area contributed by atoms with Crippen molar-refractivity contribution in [2.45, 2.75) is 25.0 Å². The Balaban J connectivity index is 2.44. The Bertz CT molecular complexity index is 483. The average Bonchev–Trinajstić information content (AvgIpc) is 2.58. The van der Waals surface area contributed by atoms with Crippen molar-refractivity contribution in [3.63, 3.8) is 0 Å². The van der Waals surface area contributed by atoms with E-state index in [2.05, 4.69) is 5.32 Å². The summed E-state index contributed by atoms with van der Waals surface area (Å²) in [5.41, 5.74) is 0.934. The Morgan fingerprint density at radius 1 is 1.30 bits per heavy atom. The zero-order valence-corrected chi connectivity index (χ0v) is 13.9. The molecule has 128 valence electrons. The van der Waals surface area contributed by atoms with E-state index in [4.69, 9.17) is 9.84 Å². The maximum Gasteiger partial charge on any atom is 0.328 e. The van der Waals surface area contributed by atoms with Crippen LogP contribution in [0.3, 0.4) is 0 Å². The SMILES string of the molecule is COC(=O)[C@@H](Cc1ccccc1)NC(=O)CCSCC(O)CO. The van der Waals surface area contributed by atoms with Gasteiger partial charge in [0.2, 0.25) is 5.91 Å². The summed E-state index contributed by atoms with van der Waals surface area (Å²) < 4.78 is 4.74. The maximum absolute atomic E-state index is 11.9. The highest BCUT2D eigenvalue weighted by molar-refractivity contribution is 7.99. The molecule has 0 saturated heterocycles. The Morgan fingerprint density at radius 2 is 2.00 bits per heavy atom. The lowest BCUT2D eigenvalue weighted by molar-refractivity contribution is -0.145. The fourth-order valence-corrected chi connectivity index (χ4v) is 2.76. The number of ether oxygens (including phenoxy) is 1. The fraction of sp³-hybridized carbons (Fsp3) is 0.500. The molecule has 0 aromatic heterocycles. The van der Waals surface area contributed by atoms with Crippen LogP contribution < -0.4 is 5.32 Å². The minimum Gasteiger partial charge on any atom is -0.467 e. The van der Waals surface area contributed by atoms with Crippen LogP contribution in [0, 0.1) is 0 Å². The van der Waals surface area contributed by atoms with Gasteiger partial charge in [0.05, 0.1) is 19.8 Å². The lowest BCUT2D eigenvalue weighted by Gasteiger charge is -2.16. The molecule has 1 aromatic rings. The van der Waals surface area contributed by atoms with Crippen LogP contribution in [0.25, 0.3) is 0 Å². The van der Waals surface area contributed by atoms with Crippen molar-refractivity contribution in [1.82, 2.24) is 5.32 Å². The second-order valence-electron chi connectivity index (χ2n) is 4.99. The van der Waals surface area contributed by atoms with Gasteiger partial charge in [-0.15, -0.1) is 0 Å². The molecule has 0 fully saturated rings. The molecule has 1 amide bonds. The normalized spacial score (nSPS) is 13.2. The minimum absolute atomic E-state index is 0.227. The molecule has 23 heavy (non-hydrogen) atoms. The molecule has 0 heterocycles. The molecule has 6 nitrogen and oxygen atoms in total. The number of nitrogens with one attached hydrogen (secondary N) is 1. The number of methoxy groups -OCH3 is 1. The van der Waals surface area contributed by atoms with Crippen LogP contribution in [0.5, 0.6) is 0 Å². The number of carbonyl (C=O) groups excluding carboxylic acids is 2. The van der Waals surface area contributed by atoms with Crippen LogP contribution in [0.15, 0.2) is 30.3 Å². The third kappa shape index (κ3) is 8.01. The van der Waals surface area contributed by atoms with Gasteiger partial charge in [-0.1, -0.05) is 30.3 Å². The number of thioether (sulfide) groups is 1. The number of amides is 1. The van der Waals surface area contributed by atoms with E-state index in [1.54, 1.807) is 0 Å². The van der Waals surface area contributed by atoms with Gasteiger partial charge < -0.3 is 20.3 Å². The number of aliphatic hydroxyl groups is 2. The third-order valence-electron chi connectivity index (χ3n) is 3.10. The standard InChI is InChI=1S/C16H23NO5S/c1-22-16(21)14(9-12-5-3-2-4-6-12)17-15(20)7-8-23-11-13(19)10-18/h2-6,13-14,18-19H,7-11H2,1H3,(H,17,20)/t13?,14-/m1/s1. The molecule has 0 aliphatic carbocycles. The van der Waals surface area contributed by atoms with Crippen LogP contribution in [0.2, 0.25) is 0 Å². The Kier molecular flexibility index (Phi) is 9.35. The summed E-state index contributed by atoms with van der Waals surface area (Å²) in [4.78, 5) is 23.7. The van der Waals surface area contributed by atoms with E-state index in [1.807, 2.05) is 30.3 Å². The number of carbonyl (C=O) groups is 2. The van der Waals surface area contributed by atoms with E-state index in [-0.39, 0.29) is 18.9 Å². The number of hydrogen-bond donors (Lipinski definition) is 3. The summed E-state index contributed by atoms with van der Waals surface area (Å²) in [5, 5.41) is 20.6. The molecular formula is C16H23NO5S. The largest absolute Gasteiger partial charge is 0.467 e. The summed E-state index contributed by atoms with van der Waals surface area (Å²) in [6.07, 6.45) is -0.176. The Labute approximate surface area is 140 Å². The van der Waals surface area contributed by atoms with Gasteiger partial charge in [-0.3, -0.25) is 4.79 Å². The van der Waals surface area contributed by atoms with E-state index in [9.17, 15) is 14.7 Å². The summed E-state index contributed by atoms with van der Waals surface area (Å²) in [5.74, 6) is 0.143. The molecule has 0 bridgehead atoms. The van der Waals surface area contributed by atoms with Crippen molar-refractivity contribution >= 4 is 23.6 Å². The van der Waals surface area contributed by atoms with Crippen molar-refractivity contribution < 1.29 is 24.5 Å². The highest BCUT2D eigenvalue weighted by Gasteiger charge is 2.21. The first kappa shape index (κ1) is 19.5. The van der Waals surface area contributed by atoms with Crippen LogP contribution in [-0.4, -0.2) is 59.5 Å². The predicted molar refractivity (Wildman–Crippen MR) is 89.1 cm³/mol. The maximum atomic E-state index is 11.9. The zero-order valence-electron chi connectivity index (χ0n) is 13.1.